The minimum Gasteiger partial charge on any atom is -0.459 e. The molecular weight excluding hydrogens is 246 g/mol. The van der Waals surface area contributed by atoms with Gasteiger partial charge in [-0.1, -0.05) is 40.7 Å². The Morgan fingerprint density at radius 1 is 1.15 bits per heavy atom. The van der Waals surface area contributed by atoms with Gasteiger partial charge in [-0.2, -0.15) is 0 Å². The van der Waals surface area contributed by atoms with Crippen LogP contribution in [-0.2, 0) is 5.41 Å². The largest absolute Gasteiger partial charge is 0.459 e. The normalized spacial score (nSPS) is 13.8. The van der Waals surface area contributed by atoms with E-state index in [0.717, 1.165) is 30.7 Å². The van der Waals surface area contributed by atoms with Crippen LogP contribution < -0.4 is 5.32 Å². The molecule has 0 bridgehead atoms. The van der Waals surface area contributed by atoms with E-state index >= 15 is 0 Å². The van der Waals surface area contributed by atoms with Gasteiger partial charge in [0.25, 0.3) is 0 Å². The van der Waals surface area contributed by atoms with Crippen LogP contribution in [0.15, 0.2) is 28.7 Å². The van der Waals surface area contributed by atoms with Crippen molar-refractivity contribution in [3.63, 3.8) is 0 Å². The highest BCUT2D eigenvalue weighted by Gasteiger charge is 2.20. The summed E-state index contributed by atoms with van der Waals surface area (Å²) in [5, 5.41) is 4.69. The molecule has 0 amide bonds. The van der Waals surface area contributed by atoms with Crippen molar-refractivity contribution in [2.75, 3.05) is 6.54 Å². The van der Waals surface area contributed by atoms with Crippen molar-refractivity contribution >= 4 is 11.0 Å². The molecule has 0 spiro atoms. The smallest absolute Gasteiger partial charge is 0.134 e. The molecule has 2 heteroatoms. The molecule has 1 N–H and O–H groups in total. The van der Waals surface area contributed by atoms with E-state index in [1.807, 2.05) is 0 Å². The van der Waals surface area contributed by atoms with E-state index in [4.69, 9.17) is 4.42 Å². The van der Waals surface area contributed by atoms with Crippen LogP contribution in [0.2, 0.25) is 0 Å². The molecule has 110 valence electrons. The fourth-order valence-corrected chi connectivity index (χ4v) is 2.55. The molecule has 0 saturated carbocycles. The SMILES string of the molecule is CCNC(CC)c1cc2cc(C(C)(C)CC)ccc2o1. The third-order valence-corrected chi connectivity index (χ3v) is 4.40. The van der Waals surface area contributed by atoms with Gasteiger partial charge in [-0.05, 0) is 48.6 Å². The van der Waals surface area contributed by atoms with Gasteiger partial charge in [0, 0.05) is 5.39 Å². The van der Waals surface area contributed by atoms with E-state index in [1.54, 1.807) is 0 Å². The molecule has 0 fully saturated rings. The second kappa shape index (κ2) is 6.01. The lowest BCUT2D eigenvalue weighted by atomic mass is 9.82. The Labute approximate surface area is 122 Å². The standard InChI is InChI=1S/C18H27NO/c1-6-15(19-8-3)17-12-13-11-14(18(4,5)7-2)9-10-16(13)20-17/h9-12,15,19H,6-8H2,1-5H3. The van der Waals surface area contributed by atoms with Crippen LogP contribution in [-0.4, -0.2) is 6.54 Å². The van der Waals surface area contributed by atoms with Crippen LogP contribution in [0.25, 0.3) is 11.0 Å². The van der Waals surface area contributed by atoms with E-state index in [0.29, 0.717) is 6.04 Å². The summed E-state index contributed by atoms with van der Waals surface area (Å²) in [6.45, 7) is 12.1. The Kier molecular flexibility index (Phi) is 4.54. The summed E-state index contributed by atoms with van der Waals surface area (Å²) in [6.07, 6.45) is 2.18. The van der Waals surface area contributed by atoms with E-state index < -0.39 is 0 Å². The van der Waals surface area contributed by atoms with Gasteiger partial charge >= 0.3 is 0 Å². The summed E-state index contributed by atoms with van der Waals surface area (Å²) in [6, 6.07) is 9.11. The minimum absolute atomic E-state index is 0.220. The molecule has 1 unspecified atom stereocenters. The number of fused-ring (bicyclic) bond motifs is 1. The van der Waals surface area contributed by atoms with Crippen LogP contribution >= 0.6 is 0 Å². The molecule has 0 aliphatic heterocycles. The quantitative estimate of drug-likeness (QED) is 0.784. The van der Waals surface area contributed by atoms with Crippen LogP contribution in [0.1, 0.15) is 64.8 Å². The highest BCUT2D eigenvalue weighted by Crippen LogP contribution is 2.32. The highest BCUT2D eigenvalue weighted by atomic mass is 16.3. The molecule has 1 heterocycles. The first kappa shape index (κ1) is 15.1. The summed E-state index contributed by atoms with van der Waals surface area (Å²) in [7, 11) is 0. The lowest BCUT2D eigenvalue weighted by molar-refractivity contribution is 0.428. The van der Waals surface area contributed by atoms with Gasteiger partial charge in [-0.3, -0.25) is 0 Å². The maximum atomic E-state index is 6.01. The van der Waals surface area contributed by atoms with Gasteiger partial charge in [0.05, 0.1) is 6.04 Å². The maximum Gasteiger partial charge on any atom is 0.134 e. The number of furan rings is 1. The molecular formula is C18H27NO. The monoisotopic (exact) mass is 273 g/mol. The molecule has 1 aromatic carbocycles. The zero-order valence-electron chi connectivity index (χ0n) is 13.4. The van der Waals surface area contributed by atoms with E-state index in [-0.39, 0.29) is 5.41 Å². The molecule has 1 atom stereocenters. The van der Waals surface area contributed by atoms with Crippen LogP contribution in [0.4, 0.5) is 0 Å². The summed E-state index contributed by atoms with van der Waals surface area (Å²) in [5.74, 6) is 1.05. The molecule has 0 aliphatic rings. The zero-order chi connectivity index (χ0) is 14.8. The topological polar surface area (TPSA) is 25.2 Å². The summed E-state index contributed by atoms with van der Waals surface area (Å²) >= 11 is 0. The second-order valence-corrected chi connectivity index (χ2v) is 6.16. The van der Waals surface area contributed by atoms with Crippen molar-refractivity contribution < 1.29 is 4.42 Å². The summed E-state index contributed by atoms with van der Waals surface area (Å²) < 4.78 is 6.01. The fourth-order valence-electron chi connectivity index (χ4n) is 2.55. The molecule has 20 heavy (non-hydrogen) atoms. The second-order valence-electron chi connectivity index (χ2n) is 6.16. The van der Waals surface area contributed by atoms with Gasteiger partial charge in [-0.15, -0.1) is 0 Å². The van der Waals surface area contributed by atoms with E-state index in [2.05, 4.69) is 64.2 Å². The van der Waals surface area contributed by atoms with Gasteiger partial charge in [-0.25, -0.2) is 0 Å². The molecule has 2 nitrogen and oxygen atoms in total. The number of rotatable bonds is 6. The fraction of sp³-hybridized carbons (Fsp3) is 0.556. The Morgan fingerprint density at radius 2 is 1.90 bits per heavy atom. The highest BCUT2D eigenvalue weighted by molar-refractivity contribution is 5.79. The third kappa shape index (κ3) is 2.90. The first-order chi connectivity index (χ1) is 9.51. The van der Waals surface area contributed by atoms with Crippen molar-refractivity contribution in [3.8, 4) is 0 Å². The number of benzene rings is 1. The number of nitrogens with one attached hydrogen (secondary N) is 1. The first-order valence-corrected chi connectivity index (χ1v) is 7.79. The lowest BCUT2D eigenvalue weighted by Gasteiger charge is -2.23. The van der Waals surface area contributed by atoms with Gasteiger partial charge in [0.15, 0.2) is 0 Å². The summed E-state index contributed by atoms with van der Waals surface area (Å²) in [5.41, 5.74) is 2.60. The van der Waals surface area contributed by atoms with Crippen LogP contribution in [0.5, 0.6) is 0 Å². The van der Waals surface area contributed by atoms with Gasteiger partial charge in [0.2, 0.25) is 0 Å². The van der Waals surface area contributed by atoms with Crippen LogP contribution in [0.3, 0.4) is 0 Å². The maximum absolute atomic E-state index is 6.01. The predicted molar refractivity (Wildman–Crippen MR) is 86.2 cm³/mol. The molecule has 0 aliphatic carbocycles. The van der Waals surface area contributed by atoms with Crippen molar-refractivity contribution in [2.24, 2.45) is 0 Å². The predicted octanol–water partition coefficient (Wildman–Crippen LogP) is 5.18. The average Bonchev–Trinajstić information content (AvgIpc) is 2.87. The molecule has 2 aromatic rings. The van der Waals surface area contributed by atoms with Gasteiger partial charge < -0.3 is 9.73 Å². The van der Waals surface area contributed by atoms with Crippen molar-refractivity contribution in [2.45, 2.75) is 58.9 Å². The van der Waals surface area contributed by atoms with Crippen LogP contribution in [0, 0.1) is 0 Å². The van der Waals surface area contributed by atoms with Gasteiger partial charge in [0.1, 0.15) is 11.3 Å². The Hall–Kier alpha value is -1.28. The Balaban J connectivity index is 2.39. The van der Waals surface area contributed by atoms with Crippen molar-refractivity contribution in [1.82, 2.24) is 5.32 Å². The van der Waals surface area contributed by atoms with E-state index in [9.17, 15) is 0 Å². The third-order valence-electron chi connectivity index (χ3n) is 4.40. The average molecular weight is 273 g/mol. The summed E-state index contributed by atoms with van der Waals surface area (Å²) in [4.78, 5) is 0. The molecule has 0 radical (unpaired) electrons. The van der Waals surface area contributed by atoms with Crippen molar-refractivity contribution in [3.05, 3.63) is 35.6 Å². The lowest BCUT2D eigenvalue weighted by Crippen LogP contribution is -2.19. The zero-order valence-corrected chi connectivity index (χ0v) is 13.4. The molecule has 1 aromatic heterocycles. The first-order valence-electron chi connectivity index (χ1n) is 7.79. The number of hydrogen-bond acceptors (Lipinski definition) is 2. The Morgan fingerprint density at radius 3 is 2.50 bits per heavy atom. The Bertz CT molecular complexity index is 568. The molecule has 0 saturated heterocycles. The van der Waals surface area contributed by atoms with Crippen molar-refractivity contribution in [1.29, 1.82) is 0 Å². The molecule has 2 rings (SSSR count). The van der Waals surface area contributed by atoms with E-state index in [1.165, 1.54) is 10.9 Å². The number of hydrogen-bond donors (Lipinski definition) is 1. The minimum atomic E-state index is 0.220.